The third-order valence-corrected chi connectivity index (χ3v) is 10.2. The predicted octanol–water partition coefficient (Wildman–Crippen LogP) is 1.32. The van der Waals surface area contributed by atoms with Gasteiger partial charge in [-0.3, -0.25) is 14.5 Å². The maximum absolute atomic E-state index is 13.0. The first kappa shape index (κ1) is 25.7. The van der Waals surface area contributed by atoms with Gasteiger partial charge in [0.1, 0.15) is 40.5 Å². The standard InChI is InChI=1S/C21H21N7O5S4/c1-27-5-3-4-11-15(27)25-21(37-11)36-7-9-6-34-18-13(17(30)28(18)14(9)19(31)32)24-16(29)12(26-33-2)10-8-35-20(22)23-10/h3-5,8,13,18,21H,6-7H2,1-2H3,(H2,22,23)(H,24,29)(H,31,32)/b26-12-/t13?,18-,21?/m1/s1. The van der Waals surface area contributed by atoms with E-state index in [9.17, 15) is 19.5 Å². The Morgan fingerprint density at radius 2 is 2.24 bits per heavy atom. The van der Waals surface area contributed by atoms with Crippen molar-refractivity contribution in [1.29, 1.82) is 0 Å². The number of anilines is 1. The number of carboxylic acid groups (broad SMARTS) is 1. The van der Waals surface area contributed by atoms with Crippen molar-refractivity contribution in [3.8, 4) is 0 Å². The van der Waals surface area contributed by atoms with Crippen LogP contribution in [0.1, 0.15) is 5.69 Å². The number of nitrogens with two attached hydrogens (primary N) is 1. The van der Waals surface area contributed by atoms with Crippen LogP contribution in [0.3, 0.4) is 0 Å². The fraction of sp³-hybridized carbons (Fsp3) is 0.333. The zero-order valence-corrected chi connectivity index (χ0v) is 22.7. The van der Waals surface area contributed by atoms with Crippen molar-refractivity contribution in [2.45, 2.75) is 16.1 Å². The number of aromatic nitrogens is 1. The van der Waals surface area contributed by atoms with E-state index in [1.54, 1.807) is 17.1 Å². The quantitative estimate of drug-likeness (QED) is 0.231. The van der Waals surface area contributed by atoms with E-state index >= 15 is 0 Å². The predicted molar refractivity (Wildman–Crippen MR) is 146 cm³/mol. The Labute approximate surface area is 228 Å². The number of amidine groups is 1. The lowest BCUT2D eigenvalue weighted by atomic mass is 10.0. The van der Waals surface area contributed by atoms with E-state index in [1.807, 2.05) is 30.3 Å². The lowest BCUT2D eigenvalue weighted by molar-refractivity contribution is -0.150. The number of aliphatic imine (C=N–C) groups is 1. The molecule has 1 aromatic rings. The van der Waals surface area contributed by atoms with Gasteiger partial charge >= 0.3 is 5.97 Å². The molecule has 1 aromatic heterocycles. The summed E-state index contributed by atoms with van der Waals surface area (Å²) in [7, 11) is 3.22. The molecule has 0 aromatic carbocycles. The number of likely N-dealkylation sites (N-methyl/N-ethyl adjacent to an activating group) is 1. The minimum atomic E-state index is -1.18. The molecule has 1 saturated heterocycles. The van der Waals surface area contributed by atoms with Crippen molar-refractivity contribution in [2.24, 2.45) is 10.1 Å². The summed E-state index contributed by atoms with van der Waals surface area (Å²) in [6.45, 7) is 0. The molecule has 0 saturated carbocycles. The number of carboxylic acids is 1. The highest BCUT2D eigenvalue weighted by Gasteiger charge is 2.54. The van der Waals surface area contributed by atoms with Crippen LogP contribution in [-0.2, 0) is 19.2 Å². The minimum Gasteiger partial charge on any atom is -0.477 e. The molecule has 5 rings (SSSR count). The van der Waals surface area contributed by atoms with Gasteiger partial charge in [-0.15, -0.1) is 34.9 Å². The van der Waals surface area contributed by atoms with Gasteiger partial charge in [0, 0.05) is 30.1 Å². The summed E-state index contributed by atoms with van der Waals surface area (Å²) in [5.74, 6) is -0.625. The van der Waals surface area contributed by atoms with Gasteiger partial charge in [-0.25, -0.2) is 14.8 Å². The third-order valence-electron chi connectivity index (χ3n) is 5.67. The maximum atomic E-state index is 13.0. The van der Waals surface area contributed by atoms with Gasteiger partial charge in [-0.1, -0.05) is 16.9 Å². The van der Waals surface area contributed by atoms with Gasteiger partial charge in [0.2, 0.25) is 0 Å². The molecule has 1 fully saturated rings. The van der Waals surface area contributed by atoms with Crippen molar-refractivity contribution < 1.29 is 24.3 Å². The Morgan fingerprint density at radius 3 is 2.92 bits per heavy atom. The highest BCUT2D eigenvalue weighted by atomic mass is 32.2. The van der Waals surface area contributed by atoms with Gasteiger partial charge in [-0.2, -0.15) is 0 Å². The van der Waals surface area contributed by atoms with Crippen molar-refractivity contribution >= 4 is 81.1 Å². The highest BCUT2D eigenvalue weighted by Crippen LogP contribution is 2.44. The molecule has 3 atom stereocenters. The van der Waals surface area contributed by atoms with Crippen LogP contribution in [-0.4, -0.2) is 91.0 Å². The van der Waals surface area contributed by atoms with Crippen molar-refractivity contribution in [2.75, 3.05) is 31.4 Å². The summed E-state index contributed by atoms with van der Waals surface area (Å²) in [6, 6.07) is -0.908. The monoisotopic (exact) mass is 579 g/mol. The van der Waals surface area contributed by atoms with E-state index in [1.165, 1.54) is 35.5 Å². The molecule has 0 spiro atoms. The number of β-lactam (4-membered cyclic amide) rings is 1. The van der Waals surface area contributed by atoms with Gasteiger partial charge in [0.25, 0.3) is 11.8 Å². The molecule has 194 valence electrons. The molecule has 37 heavy (non-hydrogen) atoms. The van der Waals surface area contributed by atoms with E-state index < -0.39 is 29.2 Å². The van der Waals surface area contributed by atoms with Crippen LogP contribution < -0.4 is 11.1 Å². The van der Waals surface area contributed by atoms with Crippen LogP contribution >= 0.6 is 46.6 Å². The number of nitrogens with zero attached hydrogens (tertiary/aromatic N) is 5. The van der Waals surface area contributed by atoms with Crippen LogP contribution in [0, 0.1) is 0 Å². The number of nitrogens with one attached hydrogen (secondary N) is 1. The minimum absolute atomic E-state index is 0.0316. The Bertz CT molecular complexity index is 1320. The second-order valence-electron chi connectivity index (χ2n) is 7.98. The molecule has 5 heterocycles. The lowest BCUT2D eigenvalue weighted by Crippen LogP contribution is -2.71. The maximum Gasteiger partial charge on any atom is 0.352 e. The molecule has 0 radical (unpaired) electrons. The molecule has 4 aliphatic heterocycles. The van der Waals surface area contributed by atoms with Crippen LogP contribution in [0.4, 0.5) is 5.13 Å². The van der Waals surface area contributed by atoms with Crippen LogP contribution in [0.5, 0.6) is 0 Å². The average Bonchev–Trinajstić information content (AvgIpc) is 3.50. The Hall–Kier alpha value is -2.95. The Kier molecular flexibility index (Phi) is 7.24. The first-order valence-corrected chi connectivity index (χ1v) is 14.6. The number of aliphatic carboxylic acids is 1. The molecule has 4 N–H and O–H groups in total. The second-order valence-corrected chi connectivity index (χ2v) is 12.5. The fourth-order valence-corrected chi connectivity index (χ4v) is 8.40. The summed E-state index contributed by atoms with van der Waals surface area (Å²) in [4.78, 5) is 55.9. The second kappa shape index (κ2) is 10.4. The summed E-state index contributed by atoms with van der Waals surface area (Å²) < 4.78 is -0.105. The summed E-state index contributed by atoms with van der Waals surface area (Å²) in [6.07, 6.45) is 5.89. The van der Waals surface area contributed by atoms with Crippen LogP contribution in [0.15, 0.2) is 50.1 Å². The number of allylic oxidation sites excluding steroid dienone is 2. The zero-order valence-electron chi connectivity index (χ0n) is 19.5. The Morgan fingerprint density at radius 1 is 1.43 bits per heavy atom. The van der Waals surface area contributed by atoms with E-state index in [0.29, 0.717) is 17.1 Å². The number of hydrogen-bond donors (Lipinski definition) is 3. The molecule has 0 bridgehead atoms. The van der Waals surface area contributed by atoms with Gasteiger partial charge < -0.3 is 25.9 Å². The number of nitrogen functional groups attached to an aromatic ring is 1. The Balaban J connectivity index is 1.27. The molecule has 4 aliphatic rings. The summed E-state index contributed by atoms with van der Waals surface area (Å²) in [5.41, 5.74) is 6.37. The van der Waals surface area contributed by atoms with Crippen molar-refractivity contribution in [3.05, 3.63) is 45.6 Å². The van der Waals surface area contributed by atoms with Crippen LogP contribution in [0.25, 0.3) is 0 Å². The number of fused-ring (bicyclic) bond motifs is 2. The molecule has 0 aliphatic carbocycles. The van der Waals surface area contributed by atoms with Crippen molar-refractivity contribution in [1.82, 2.24) is 20.1 Å². The summed E-state index contributed by atoms with van der Waals surface area (Å²) >= 11 is 5.67. The third kappa shape index (κ3) is 4.85. The highest BCUT2D eigenvalue weighted by molar-refractivity contribution is 8.19. The SMILES string of the molecule is CO/N=C(\C(=O)NC1C(=O)N2C(C(=O)O)=C(CSC3N=C4C(=CC=CN4C)S3)CS[C@H]12)c1csc(N)n1. The van der Waals surface area contributed by atoms with E-state index in [0.717, 1.165) is 22.1 Å². The number of carbonyl (C=O) groups excluding carboxylic acids is 2. The fourth-order valence-electron chi connectivity index (χ4n) is 4.00. The smallest absolute Gasteiger partial charge is 0.352 e. The first-order chi connectivity index (χ1) is 17.8. The number of amides is 2. The van der Waals surface area contributed by atoms with Gasteiger partial charge in [0.05, 0.1) is 4.91 Å². The number of oxime groups is 1. The summed E-state index contributed by atoms with van der Waals surface area (Å²) in [5, 5.41) is 17.6. The van der Waals surface area contributed by atoms with Gasteiger partial charge in [-0.05, 0) is 17.7 Å². The molecule has 12 nitrogen and oxygen atoms in total. The molecule has 16 heteroatoms. The lowest BCUT2D eigenvalue weighted by Gasteiger charge is -2.49. The van der Waals surface area contributed by atoms with E-state index in [-0.39, 0.29) is 26.9 Å². The first-order valence-electron chi connectivity index (χ1n) is 10.8. The van der Waals surface area contributed by atoms with Crippen LogP contribution in [0.2, 0.25) is 0 Å². The largest absolute Gasteiger partial charge is 0.477 e. The van der Waals surface area contributed by atoms with Crippen molar-refractivity contribution in [3.63, 3.8) is 0 Å². The number of thiazole rings is 1. The zero-order chi connectivity index (χ0) is 26.3. The number of rotatable bonds is 8. The van der Waals surface area contributed by atoms with E-state index in [4.69, 9.17) is 15.6 Å². The topological polar surface area (TPSA) is 163 Å². The molecule has 2 amide bonds. The number of hydrogen-bond acceptors (Lipinski definition) is 13. The number of carbonyl (C=O) groups is 3. The molecule has 2 unspecified atom stereocenters. The van der Waals surface area contributed by atoms with E-state index in [2.05, 4.69) is 15.5 Å². The normalized spacial score (nSPS) is 24.8. The average molecular weight is 580 g/mol. The van der Waals surface area contributed by atoms with Gasteiger partial charge in [0.15, 0.2) is 10.8 Å². The molecular formula is C21H21N7O5S4. The number of thioether (sulfide) groups is 3. The molecular weight excluding hydrogens is 559 g/mol.